The second kappa shape index (κ2) is 4.32. The Kier molecular flexibility index (Phi) is 3.04. The average molecular weight is 264 g/mol. The van der Waals surface area contributed by atoms with Gasteiger partial charge in [0.15, 0.2) is 0 Å². The van der Waals surface area contributed by atoms with Crippen molar-refractivity contribution in [3.05, 3.63) is 21.9 Å². The molecule has 0 amide bonds. The Hall–Kier alpha value is -0.380. The zero-order valence-corrected chi connectivity index (χ0v) is 12.4. The highest BCUT2D eigenvalue weighted by Gasteiger charge is 2.46. The fourth-order valence-electron chi connectivity index (χ4n) is 3.87. The Morgan fingerprint density at radius 2 is 2.22 bits per heavy atom. The van der Waals surface area contributed by atoms with Crippen molar-refractivity contribution in [3.8, 4) is 0 Å². The molecule has 2 nitrogen and oxygen atoms in total. The van der Waals surface area contributed by atoms with E-state index in [0.717, 1.165) is 13.1 Å². The maximum atomic E-state index is 6.18. The molecule has 1 aromatic rings. The third kappa shape index (κ3) is 2.02. The summed E-state index contributed by atoms with van der Waals surface area (Å²) in [4.78, 5) is 4.27. The molecule has 0 aromatic carbocycles. The van der Waals surface area contributed by atoms with Crippen molar-refractivity contribution < 1.29 is 0 Å². The molecule has 0 bridgehead atoms. The van der Waals surface area contributed by atoms with Gasteiger partial charge in [0, 0.05) is 30.1 Å². The van der Waals surface area contributed by atoms with Gasteiger partial charge in [0.05, 0.1) is 0 Å². The predicted octanol–water partition coefficient (Wildman–Crippen LogP) is 3.01. The summed E-state index contributed by atoms with van der Waals surface area (Å²) in [5.74, 6) is 0. The number of hydrogen-bond acceptors (Lipinski definition) is 3. The lowest BCUT2D eigenvalue weighted by molar-refractivity contribution is 0.0755. The molecule has 2 heterocycles. The third-order valence-electron chi connectivity index (χ3n) is 4.93. The second-order valence-electron chi connectivity index (χ2n) is 6.81. The Balaban J connectivity index is 1.82. The van der Waals surface area contributed by atoms with Crippen LogP contribution in [0.2, 0.25) is 0 Å². The summed E-state index contributed by atoms with van der Waals surface area (Å²) in [6.07, 6.45) is 5.07. The molecule has 0 spiro atoms. The van der Waals surface area contributed by atoms with Crippen LogP contribution in [0.5, 0.6) is 0 Å². The lowest BCUT2D eigenvalue weighted by Gasteiger charge is -2.43. The summed E-state index contributed by atoms with van der Waals surface area (Å²) in [5, 5.41) is 2.24. The van der Waals surface area contributed by atoms with Crippen LogP contribution in [0, 0.1) is 5.41 Å². The van der Waals surface area contributed by atoms with Crippen molar-refractivity contribution in [1.82, 2.24) is 4.90 Å². The molecule has 1 unspecified atom stereocenters. The molecule has 100 valence electrons. The monoisotopic (exact) mass is 264 g/mol. The number of fused-ring (bicyclic) bond motifs is 1. The molecular formula is C15H24N2S. The minimum atomic E-state index is 0.267. The molecular weight excluding hydrogens is 240 g/mol. The van der Waals surface area contributed by atoms with E-state index in [1.54, 1.807) is 10.4 Å². The van der Waals surface area contributed by atoms with E-state index in [4.69, 9.17) is 5.73 Å². The number of thiophene rings is 1. The lowest BCUT2D eigenvalue weighted by atomic mass is 9.85. The largest absolute Gasteiger partial charge is 0.329 e. The molecule has 1 aromatic heterocycles. The smallest absolute Gasteiger partial charge is 0.0340 e. The summed E-state index contributed by atoms with van der Waals surface area (Å²) in [7, 11) is 0. The number of nitrogens with zero attached hydrogens (tertiary/aromatic N) is 1. The quantitative estimate of drug-likeness (QED) is 0.889. The minimum Gasteiger partial charge on any atom is -0.329 e. The van der Waals surface area contributed by atoms with Crippen LogP contribution >= 0.6 is 11.3 Å². The van der Waals surface area contributed by atoms with E-state index in [2.05, 4.69) is 30.2 Å². The summed E-state index contributed by atoms with van der Waals surface area (Å²) < 4.78 is 0. The summed E-state index contributed by atoms with van der Waals surface area (Å²) in [6.45, 7) is 7.91. The van der Waals surface area contributed by atoms with Gasteiger partial charge in [-0.1, -0.05) is 13.8 Å². The first-order valence-electron chi connectivity index (χ1n) is 7.05. The molecule has 1 aliphatic carbocycles. The standard InChI is InChI=1S/C15H24N2S/c1-14(2)5-6-15(10-14,11-16)17-7-3-13-12(9-17)4-8-18-13/h4,8H,3,5-7,9-11,16H2,1-2H3. The summed E-state index contributed by atoms with van der Waals surface area (Å²) >= 11 is 1.92. The first-order valence-corrected chi connectivity index (χ1v) is 7.93. The van der Waals surface area contributed by atoms with Gasteiger partial charge in [0.2, 0.25) is 0 Å². The molecule has 0 radical (unpaired) electrons. The van der Waals surface area contributed by atoms with E-state index in [1.165, 1.54) is 32.2 Å². The van der Waals surface area contributed by atoms with Crippen LogP contribution in [-0.2, 0) is 13.0 Å². The van der Waals surface area contributed by atoms with Crippen LogP contribution in [0.15, 0.2) is 11.4 Å². The van der Waals surface area contributed by atoms with Crippen molar-refractivity contribution in [2.45, 2.75) is 51.6 Å². The number of hydrogen-bond donors (Lipinski definition) is 1. The van der Waals surface area contributed by atoms with Crippen molar-refractivity contribution >= 4 is 11.3 Å². The van der Waals surface area contributed by atoms with E-state index >= 15 is 0 Å². The highest BCUT2D eigenvalue weighted by Crippen LogP contribution is 2.47. The van der Waals surface area contributed by atoms with E-state index < -0.39 is 0 Å². The molecule has 0 saturated heterocycles. The molecule has 1 atom stereocenters. The predicted molar refractivity (Wildman–Crippen MR) is 77.9 cm³/mol. The molecule has 1 fully saturated rings. The molecule has 1 aliphatic heterocycles. The Morgan fingerprint density at radius 1 is 1.39 bits per heavy atom. The maximum absolute atomic E-state index is 6.18. The van der Waals surface area contributed by atoms with Crippen molar-refractivity contribution in [3.63, 3.8) is 0 Å². The van der Waals surface area contributed by atoms with E-state index in [9.17, 15) is 0 Å². The molecule has 2 aliphatic rings. The number of nitrogens with two attached hydrogens (primary N) is 1. The Labute approximate surface area is 114 Å². The number of rotatable bonds is 2. The van der Waals surface area contributed by atoms with Gasteiger partial charge in [-0.2, -0.15) is 0 Å². The first kappa shape index (κ1) is 12.6. The molecule has 1 saturated carbocycles. The highest BCUT2D eigenvalue weighted by molar-refractivity contribution is 7.10. The Bertz CT molecular complexity index is 437. The molecule has 18 heavy (non-hydrogen) atoms. The summed E-state index contributed by atoms with van der Waals surface area (Å²) in [5.41, 5.74) is 8.46. The lowest BCUT2D eigenvalue weighted by Crippen LogP contribution is -2.54. The molecule has 3 rings (SSSR count). The molecule has 2 N–H and O–H groups in total. The highest BCUT2D eigenvalue weighted by atomic mass is 32.1. The fraction of sp³-hybridized carbons (Fsp3) is 0.733. The van der Waals surface area contributed by atoms with Crippen molar-refractivity contribution in [1.29, 1.82) is 0 Å². The van der Waals surface area contributed by atoms with Gasteiger partial charge in [0.25, 0.3) is 0 Å². The topological polar surface area (TPSA) is 29.3 Å². The first-order chi connectivity index (χ1) is 8.55. The van der Waals surface area contributed by atoms with Crippen molar-refractivity contribution in [2.24, 2.45) is 11.1 Å². The van der Waals surface area contributed by atoms with Gasteiger partial charge in [0.1, 0.15) is 0 Å². The normalized spacial score (nSPS) is 31.5. The fourth-order valence-corrected chi connectivity index (χ4v) is 4.75. The van der Waals surface area contributed by atoms with Crippen LogP contribution < -0.4 is 5.73 Å². The van der Waals surface area contributed by atoms with Gasteiger partial charge < -0.3 is 5.73 Å². The minimum absolute atomic E-state index is 0.267. The van der Waals surface area contributed by atoms with Crippen LogP contribution in [0.3, 0.4) is 0 Å². The van der Waals surface area contributed by atoms with Crippen molar-refractivity contribution in [2.75, 3.05) is 13.1 Å². The van der Waals surface area contributed by atoms with Gasteiger partial charge >= 0.3 is 0 Å². The van der Waals surface area contributed by atoms with Crippen LogP contribution in [-0.4, -0.2) is 23.5 Å². The van der Waals surface area contributed by atoms with Gasteiger partial charge in [-0.25, -0.2) is 0 Å². The van der Waals surface area contributed by atoms with Gasteiger partial charge in [-0.05, 0) is 48.1 Å². The molecule has 3 heteroatoms. The zero-order chi connectivity index (χ0) is 12.8. The van der Waals surface area contributed by atoms with Crippen LogP contribution in [0.4, 0.5) is 0 Å². The van der Waals surface area contributed by atoms with E-state index in [1.807, 2.05) is 11.3 Å². The van der Waals surface area contributed by atoms with E-state index in [-0.39, 0.29) is 5.54 Å². The zero-order valence-electron chi connectivity index (χ0n) is 11.5. The summed E-state index contributed by atoms with van der Waals surface area (Å²) in [6, 6.07) is 2.30. The van der Waals surface area contributed by atoms with Gasteiger partial charge in [-0.15, -0.1) is 11.3 Å². The SMILES string of the molecule is CC1(C)CCC(CN)(N2CCc3sccc3C2)C1. The van der Waals surface area contributed by atoms with E-state index in [0.29, 0.717) is 5.41 Å². The Morgan fingerprint density at radius 3 is 2.89 bits per heavy atom. The van der Waals surface area contributed by atoms with Crippen LogP contribution in [0.1, 0.15) is 43.6 Å². The maximum Gasteiger partial charge on any atom is 0.0340 e. The van der Waals surface area contributed by atoms with Gasteiger partial charge in [-0.3, -0.25) is 4.90 Å². The second-order valence-corrected chi connectivity index (χ2v) is 7.81. The average Bonchev–Trinajstić information content (AvgIpc) is 2.92. The van der Waals surface area contributed by atoms with Crippen LogP contribution in [0.25, 0.3) is 0 Å². The third-order valence-corrected chi connectivity index (χ3v) is 5.96.